The second-order valence-electron chi connectivity index (χ2n) is 7.42. The Morgan fingerprint density at radius 2 is 1.55 bits per heavy atom. The van der Waals surface area contributed by atoms with Crippen molar-refractivity contribution in [3.05, 3.63) is 84.9 Å². The Balaban J connectivity index is 1.47. The molecular weight excluding hydrogens is 428 g/mol. The van der Waals surface area contributed by atoms with E-state index in [-0.39, 0.29) is 23.3 Å². The zero-order valence-electron chi connectivity index (χ0n) is 17.0. The number of amides is 1. The van der Waals surface area contributed by atoms with Crippen molar-refractivity contribution in [1.29, 1.82) is 0 Å². The van der Waals surface area contributed by atoms with Crippen molar-refractivity contribution in [1.82, 2.24) is 4.31 Å². The molecule has 7 heteroatoms. The summed E-state index contributed by atoms with van der Waals surface area (Å²) in [6.07, 6.45) is 1.32. The summed E-state index contributed by atoms with van der Waals surface area (Å²) in [5.74, 6) is -0.531. The van der Waals surface area contributed by atoms with Crippen LogP contribution in [0, 0.1) is 5.92 Å². The SMILES string of the molecule is O=C(Nc1ccccc1Sc1ccccc1)[C@@H]1CCCN(S(=O)(=O)c2ccccc2)C1. The van der Waals surface area contributed by atoms with Gasteiger partial charge in [0, 0.05) is 22.9 Å². The number of para-hydroxylation sites is 1. The van der Waals surface area contributed by atoms with Crippen LogP contribution in [0.3, 0.4) is 0 Å². The monoisotopic (exact) mass is 452 g/mol. The minimum atomic E-state index is -3.60. The summed E-state index contributed by atoms with van der Waals surface area (Å²) in [7, 11) is -3.60. The predicted molar refractivity (Wildman–Crippen MR) is 124 cm³/mol. The Kier molecular flexibility index (Phi) is 6.75. The quantitative estimate of drug-likeness (QED) is 0.579. The van der Waals surface area contributed by atoms with Gasteiger partial charge in [-0.2, -0.15) is 4.31 Å². The molecule has 1 saturated heterocycles. The number of nitrogens with one attached hydrogen (secondary N) is 1. The summed E-state index contributed by atoms with van der Waals surface area (Å²) in [6.45, 7) is 0.624. The average molecular weight is 453 g/mol. The van der Waals surface area contributed by atoms with Crippen LogP contribution in [-0.2, 0) is 14.8 Å². The molecule has 4 rings (SSSR count). The van der Waals surface area contributed by atoms with E-state index < -0.39 is 10.0 Å². The van der Waals surface area contributed by atoms with Crippen molar-refractivity contribution in [2.24, 2.45) is 5.92 Å². The lowest BCUT2D eigenvalue weighted by Crippen LogP contribution is -2.43. The van der Waals surface area contributed by atoms with Crippen molar-refractivity contribution in [3.63, 3.8) is 0 Å². The third kappa shape index (κ3) is 5.18. The van der Waals surface area contributed by atoms with E-state index in [2.05, 4.69) is 5.32 Å². The molecule has 0 radical (unpaired) electrons. The van der Waals surface area contributed by atoms with E-state index in [1.54, 1.807) is 42.1 Å². The molecule has 3 aromatic rings. The summed E-state index contributed by atoms with van der Waals surface area (Å²) in [5, 5.41) is 3.03. The zero-order valence-corrected chi connectivity index (χ0v) is 18.6. The molecule has 1 atom stereocenters. The highest BCUT2D eigenvalue weighted by atomic mass is 32.2. The van der Waals surface area contributed by atoms with Gasteiger partial charge >= 0.3 is 0 Å². The van der Waals surface area contributed by atoms with Gasteiger partial charge in [-0.05, 0) is 49.2 Å². The van der Waals surface area contributed by atoms with Crippen molar-refractivity contribution < 1.29 is 13.2 Å². The van der Waals surface area contributed by atoms with E-state index >= 15 is 0 Å². The minimum absolute atomic E-state index is 0.144. The van der Waals surface area contributed by atoms with Gasteiger partial charge in [0.2, 0.25) is 15.9 Å². The number of hydrogen-bond donors (Lipinski definition) is 1. The first-order valence-corrected chi connectivity index (χ1v) is 12.5. The van der Waals surface area contributed by atoms with Crippen LogP contribution in [0.25, 0.3) is 0 Å². The molecule has 1 aliphatic heterocycles. The lowest BCUT2D eigenvalue weighted by molar-refractivity contribution is -0.120. The maximum Gasteiger partial charge on any atom is 0.243 e. The van der Waals surface area contributed by atoms with Crippen LogP contribution in [0.2, 0.25) is 0 Å². The average Bonchev–Trinajstić information content (AvgIpc) is 2.81. The number of nitrogens with zero attached hydrogens (tertiary/aromatic N) is 1. The number of carbonyl (C=O) groups excluding carboxylic acids is 1. The van der Waals surface area contributed by atoms with Gasteiger partial charge in [0.25, 0.3) is 0 Å². The number of rotatable bonds is 6. The minimum Gasteiger partial charge on any atom is -0.325 e. The molecule has 0 saturated carbocycles. The molecule has 0 bridgehead atoms. The summed E-state index contributed by atoms with van der Waals surface area (Å²) in [5.41, 5.74) is 0.740. The van der Waals surface area contributed by atoms with E-state index in [1.165, 1.54) is 4.31 Å². The van der Waals surface area contributed by atoms with Gasteiger partial charge in [0.15, 0.2) is 0 Å². The molecule has 5 nitrogen and oxygen atoms in total. The molecule has 1 aliphatic rings. The highest BCUT2D eigenvalue weighted by molar-refractivity contribution is 7.99. The van der Waals surface area contributed by atoms with Gasteiger partial charge < -0.3 is 5.32 Å². The summed E-state index contributed by atoms with van der Waals surface area (Å²) >= 11 is 1.58. The van der Waals surface area contributed by atoms with Crippen LogP contribution in [0.15, 0.2) is 99.6 Å². The maximum absolute atomic E-state index is 13.0. The smallest absolute Gasteiger partial charge is 0.243 e. The molecule has 0 unspecified atom stereocenters. The van der Waals surface area contributed by atoms with Crippen LogP contribution >= 0.6 is 11.8 Å². The number of carbonyl (C=O) groups is 1. The van der Waals surface area contributed by atoms with Crippen LogP contribution in [0.5, 0.6) is 0 Å². The van der Waals surface area contributed by atoms with E-state index in [1.807, 2.05) is 54.6 Å². The topological polar surface area (TPSA) is 66.5 Å². The largest absolute Gasteiger partial charge is 0.325 e. The zero-order chi connectivity index (χ0) is 21.7. The van der Waals surface area contributed by atoms with Crippen LogP contribution in [-0.4, -0.2) is 31.7 Å². The van der Waals surface area contributed by atoms with E-state index in [0.717, 1.165) is 15.5 Å². The van der Waals surface area contributed by atoms with Gasteiger partial charge in [0.05, 0.1) is 16.5 Å². The predicted octanol–water partition coefficient (Wildman–Crippen LogP) is 4.88. The fourth-order valence-electron chi connectivity index (χ4n) is 3.63. The fraction of sp³-hybridized carbons (Fsp3) is 0.208. The molecule has 0 aromatic heterocycles. The highest BCUT2D eigenvalue weighted by Crippen LogP contribution is 2.34. The normalized spacial score (nSPS) is 17.2. The Bertz CT molecular complexity index is 1140. The Hall–Kier alpha value is -2.61. The highest BCUT2D eigenvalue weighted by Gasteiger charge is 2.33. The van der Waals surface area contributed by atoms with Crippen LogP contribution < -0.4 is 5.32 Å². The van der Waals surface area contributed by atoms with Gasteiger partial charge in [0.1, 0.15) is 0 Å². The lowest BCUT2D eigenvalue weighted by atomic mass is 9.99. The van der Waals surface area contributed by atoms with E-state index in [0.29, 0.717) is 19.4 Å². The second kappa shape index (κ2) is 9.68. The maximum atomic E-state index is 13.0. The molecule has 1 N–H and O–H groups in total. The third-order valence-electron chi connectivity index (χ3n) is 5.25. The molecule has 1 amide bonds. The molecule has 160 valence electrons. The first kappa shape index (κ1) is 21.6. The van der Waals surface area contributed by atoms with Crippen LogP contribution in [0.1, 0.15) is 12.8 Å². The molecule has 0 spiro atoms. The number of anilines is 1. The van der Waals surface area contributed by atoms with E-state index in [4.69, 9.17) is 0 Å². The second-order valence-corrected chi connectivity index (χ2v) is 10.5. The molecular formula is C24H24N2O3S2. The summed E-state index contributed by atoms with van der Waals surface area (Å²) in [4.78, 5) is 15.3. The molecule has 31 heavy (non-hydrogen) atoms. The number of hydrogen-bond acceptors (Lipinski definition) is 4. The third-order valence-corrected chi connectivity index (χ3v) is 8.21. The lowest BCUT2D eigenvalue weighted by Gasteiger charge is -2.31. The van der Waals surface area contributed by atoms with Gasteiger partial charge in [-0.25, -0.2) is 8.42 Å². The molecule has 1 fully saturated rings. The number of sulfonamides is 1. The van der Waals surface area contributed by atoms with Gasteiger partial charge in [-0.1, -0.05) is 60.3 Å². The van der Waals surface area contributed by atoms with Crippen molar-refractivity contribution in [2.45, 2.75) is 27.5 Å². The first-order chi connectivity index (χ1) is 15.0. The van der Waals surface area contributed by atoms with Crippen molar-refractivity contribution >= 4 is 33.4 Å². The summed E-state index contributed by atoms with van der Waals surface area (Å²) < 4.78 is 27.4. The Morgan fingerprint density at radius 3 is 2.29 bits per heavy atom. The van der Waals surface area contributed by atoms with E-state index in [9.17, 15) is 13.2 Å². The first-order valence-electron chi connectivity index (χ1n) is 10.2. The standard InChI is InChI=1S/C24H24N2O3S2/c27-24(25-22-15-7-8-16-23(22)30-20-11-3-1-4-12-20)19-10-9-17-26(18-19)31(28,29)21-13-5-2-6-14-21/h1-8,11-16,19H,9-10,17-18H2,(H,25,27)/t19-/m1/s1. The summed E-state index contributed by atoms with van der Waals surface area (Å²) in [6, 6.07) is 26.1. The number of piperidine rings is 1. The Labute approximate surface area is 187 Å². The number of benzene rings is 3. The van der Waals surface area contributed by atoms with Crippen molar-refractivity contribution in [2.75, 3.05) is 18.4 Å². The molecule has 1 heterocycles. The van der Waals surface area contributed by atoms with Gasteiger partial charge in [-0.15, -0.1) is 0 Å². The van der Waals surface area contributed by atoms with Crippen LogP contribution in [0.4, 0.5) is 5.69 Å². The molecule has 3 aromatic carbocycles. The Morgan fingerprint density at radius 1 is 0.903 bits per heavy atom. The van der Waals surface area contributed by atoms with Crippen molar-refractivity contribution in [3.8, 4) is 0 Å². The molecule has 0 aliphatic carbocycles. The van der Waals surface area contributed by atoms with Gasteiger partial charge in [-0.3, -0.25) is 4.79 Å². The fourth-order valence-corrected chi connectivity index (χ4v) is 6.09.